The Kier molecular flexibility index (Phi) is 6.94. The highest BCUT2D eigenvalue weighted by molar-refractivity contribution is 7.98. The largest absolute Gasteiger partial charge is 0.326 e. The Balaban J connectivity index is 1.70. The van der Waals surface area contributed by atoms with E-state index in [1.54, 1.807) is 18.2 Å². The lowest BCUT2D eigenvalue weighted by molar-refractivity contribution is -0.136. The molecule has 0 radical (unpaired) electrons. The Bertz CT molecular complexity index is 697. The van der Waals surface area contributed by atoms with Crippen LogP contribution in [0.1, 0.15) is 36.0 Å². The lowest BCUT2D eigenvalue weighted by atomic mass is 10.1. The molecular formula is C18H20N2O4S. The number of amides is 3. The average Bonchev–Trinajstić information content (AvgIpc) is 2.93. The van der Waals surface area contributed by atoms with Crippen molar-refractivity contribution in [1.82, 2.24) is 4.90 Å². The first kappa shape index (κ1) is 18.9. The highest BCUT2D eigenvalue weighted by atomic mass is 32.2. The van der Waals surface area contributed by atoms with Gasteiger partial charge in [0, 0.05) is 41.3 Å². The Labute approximate surface area is 150 Å². The summed E-state index contributed by atoms with van der Waals surface area (Å²) < 4.78 is 0. The van der Waals surface area contributed by atoms with Crippen LogP contribution in [0, 0.1) is 0 Å². The van der Waals surface area contributed by atoms with Crippen LogP contribution in [0.4, 0.5) is 5.69 Å². The number of carbonyl (C=O) groups excluding carboxylic acids is 4. The van der Waals surface area contributed by atoms with Gasteiger partial charge >= 0.3 is 0 Å². The second kappa shape index (κ2) is 9.17. The van der Waals surface area contributed by atoms with Crippen molar-refractivity contribution >= 4 is 41.5 Å². The summed E-state index contributed by atoms with van der Waals surface area (Å²) >= 11 is 1.45. The maximum atomic E-state index is 12.0. The Hall–Kier alpha value is -2.41. The van der Waals surface area contributed by atoms with Crippen LogP contribution in [-0.2, 0) is 14.4 Å². The van der Waals surface area contributed by atoms with E-state index in [9.17, 15) is 19.2 Å². The third-order valence-corrected chi connectivity index (χ3v) is 4.62. The van der Waals surface area contributed by atoms with E-state index >= 15 is 0 Å². The minimum atomic E-state index is -0.272. The summed E-state index contributed by atoms with van der Waals surface area (Å²) in [6, 6.07) is 5.18. The maximum absolute atomic E-state index is 12.0. The van der Waals surface area contributed by atoms with Gasteiger partial charge in [-0.3, -0.25) is 24.1 Å². The molecule has 0 aromatic heterocycles. The van der Waals surface area contributed by atoms with Gasteiger partial charge in [-0.2, -0.15) is 0 Å². The number of benzene rings is 1. The highest BCUT2D eigenvalue weighted by Crippen LogP contribution is 2.23. The van der Waals surface area contributed by atoms with Crippen molar-refractivity contribution in [3.8, 4) is 0 Å². The van der Waals surface area contributed by atoms with Crippen LogP contribution in [0.25, 0.3) is 0 Å². The molecule has 3 amide bonds. The second-order valence-electron chi connectivity index (χ2n) is 5.59. The van der Waals surface area contributed by atoms with Gasteiger partial charge in [0.15, 0.2) is 6.29 Å². The van der Waals surface area contributed by atoms with Crippen molar-refractivity contribution < 1.29 is 19.2 Å². The molecule has 1 aromatic carbocycles. The van der Waals surface area contributed by atoms with Gasteiger partial charge < -0.3 is 5.32 Å². The van der Waals surface area contributed by atoms with Crippen LogP contribution in [-0.4, -0.2) is 41.7 Å². The van der Waals surface area contributed by atoms with E-state index < -0.39 is 0 Å². The Morgan fingerprint density at radius 3 is 2.52 bits per heavy atom. The molecule has 0 saturated heterocycles. The number of hydrogen-bond acceptors (Lipinski definition) is 5. The molecule has 0 bridgehead atoms. The topological polar surface area (TPSA) is 83.6 Å². The fourth-order valence-corrected chi connectivity index (χ4v) is 3.09. The molecule has 1 aromatic rings. The van der Waals surface area contributed by atoms with E-state index in [0.29, 0.717) is 37.1 Å². The van der Waals surface area contributed by atoms with Crippen molar-refractivity contribution in [1.29, 1.82) is 0 Å². The summed E-state index contributed by atoms with van der Waals surface area (Å²) in [7, 11) is 0. The van der Waals surface area contributed by atoms with E-state index in [-0.39, 0.29) is 17.7 Å². The number of hydrogen-bond donors (Lipinski definition) is 1. The molecule has 0 saturated carbocycles. The molecule has 1 heterocycles. The summed E-state index contributed by atoms with van der Waals surface area (Å²) in [6.07, 6.45) is 7.69. The van der Waals surface area contributed by atoms with Crippen LogP contribution < -0.4 is 5.32 Å². The quantitative estimate of drug-likeness (QED) is 0.317. The van der Waals surface area contributed by atoms with E-state index in [2.05, 4.69) is 5.32 Å². The fraction of sp³-hybridized carbons (Fsp3) is 0.333. The molecule has 7 heteroatoms. The summed E-state index contributed by atoms with van der Waals surface area (Å²) in [4.78, 5) is 47.7. The SMILES string of the molecule is CSc1cc(NC(=O)CCCCCN2C(=O)C=CC2=O)ccc1C=O. The molecule has 0 atom stereocenters. The fourth-order valence-electron chi connectivity index (χ4n) is 2.49. The first-order valence-corrected chi connectivity index (χ1v) is 9.24. The third-order valence-electron chi connectivity index (χ3n) is 3.83. The van der Waals surface area contributed by atoms with Crippen LogP contribution in [0.5, 0.6) is 0 Å². The first-order chi connectivity index (χ1) is 12.0. The first-order valence-electron chi connectivity index (χ1n) is 8.01. The van der Waals surface area contributed by atoms with Crippen LogP contribution >= 0.6 is 11.8 Å². The highest BCUT2D eigenvalue weighted by Gasteiger charge is 2.22. The zero-order valence-electron chi connectivity index (χ0n) is 14.0. The standard InChI is InChI=1S/C18H20N2O4S/c1-25-15-11-14(7-6-13(15)12-21)19-16(22)5-3-2-4-10-20-17(23)8-9-18(20)24/h6-9,11-12H,2-5,10H2,1H3,(H,19,22). The smallest absolute Gasteiger partial charge is 0.253 e. The number of unbranched alkanes of at least 4 members (excludes halogenated alkanes) is 2. The minimum Gasteiger partial charge on any atom is -0.326 e. The van der Waals surface area contributed by atoms with Crippen LogP contribution in [0.2, 0.25) is 0 Å². The average molecular weight is 360 g/mol. The normalized spacial score (nSPS) is 13.4. The zero-order valence-corrected chi connectivity index (χ0v) is 14.8. The number of thioether (sulfide) groups is 1. The number of rotatable bonds is 9. The number of aldehydes is 1. The summed E-state index contributed by atoms with van der Waals surface area (Å²) in [5, 5.41) is 2.82. The van der Waals surface area contributed by atoms with Gasteiger partial charge in [0.25, 0.3) is 11.8 Å². The van der Waals surface area contributed by atoms with Gasteiger partial charge in [0.2, 0.25) is 5.91 Å². The lowest BCUT2D eigenvalue weighted by Crippen LogP contribution is -2.30. The van der Waals surface area contributed by atoms with E-state index in [1.807, 2.05) is 6.26 Å². The monoisotopic (exact) mass is 360 g/mol. The third kappa shape index (κ3) is 5.29. The van der Waals surface area contributed by atoms with Crippen LogP contribution in [0.15, 0.2) is 35.2 Å². The molecule has 132 valence electrons. The molecule has 0 aliphatic carbocycles. The molecule has 0 fully saturated rings. The maximum Gasteiger partial charge on any atom is 0.253 e. The van der Waals surface area contributed by atoms with E-state index in [4.69, 9.17) is 0 Å². The molecule has 0 spiro atoms. The molecule has 25 heavy (non-hydrogen) atoms. The second-order valence-corrected chi connectivity index (χ2v) is 6.44. The summed E-state index contributed by atoms with van der Waals surface area (Å²) in [5.74, 6) is -0.641. The van der Waals surface area contributed by atoms with Gasteiger partial charge in [-0.15, -0.1) is 11.8 Å². The molecule has 2 rings (SSSR count). The van der Waals surface area contributed by atoms with Crippen molar-refractivity contribution in [3.05, 3.63) is 35.9 Å². The molecule has 0 unspecified atom stereocenters. The summed E-state index contributed by atoms with van der Waals surface area (Å²) in [5.41, 5.74) is 1.27. The molecule has 1 aliphatic rings. The summed E-state index contributed by atoms with van der Waals surface area (Å²) in [6.45, 7) is 0.385. The molecule has 1 aliphatic heterocycles. The van der Waals surface area contributed by atoms with Gasteiger partial charge in [-0.05, 0) is 37.3 Å². The number of nitrogens with one attached hydrogen (secondary N) is 1. The lowest BCUT2D eigenvalue weighted by Gasteiger charge is -2.13. The predicted molar refractivity (Wildman–Crippen MR) is 96.6 cm³/mol. The van der Waals surface area contributed by atoms with E-state index in [0.717, 1.165) is 17.6 Å². The van der Waals surface area contributed by atoms with Crippen molar-refractivity contribution in [2.75, 3.05) is 18.1 Å². The molecule has 1 N–H and O–H groups in total. The van der Waals surface area contributed by atoms with Crippen molar-refractivity contribution in [2.24, 2.45) is 0 Å². The predicted octanol–water partition coefficient (Wildman–Crippen LogP) is 2.64. The van der Waals surface area contributed by atoms with Gasteiger partial charge in [0.1, 0.15) is 0 Å². The van der Waals surface area contributed by atoms with Crippen LogP contribution in [0.3, 0.4) is 0 Å². The van der Waals surface area contributed by atoms with Crippen molar-refractivity contribution in [2.45, 2.75) is 30.6 Å². The molecule has 6 nitrogen and oxygen atoms in total. The minimum absolute atomic E-state index is 0.0964. The number of anilines is 1. The molecular weight excluding hydrogens is 340 g/mol. The number of carbonyl (C=O) groups is 4. The van der Waals surface area contributed by atoms with Gasteiger partial charge in [-0.25, -0.2) is 0 Å². The Morgan fingerprint density at radius 1 is 1.16 bits per heavy atom. The van der Waals surface area contributed by atoms with E-state index in [1.165, 1.54) is 28.8 Å². The number of imide groups is 1. The van der Waals surface area contributed by atoms with Crippen molar-refractivity contribution in [3.63, 3.8) is 0 Å². The van der Waals surface area contributed by atoms with Gasteiger partial charge in [0.05, 0.1) is 0 Å². The Morgan fingerprint density at radius 2 is 1.88 bits per heavy atom. The van der Waals surface area contributed by atoms with Gasteiger partial charge in [-0.1, -0.05) is 6.42 Å². The number of nitrogens with zero attached hydrogens (tertiary/aromatic N) is 1. The zero-order chi connectivity index (χ0) is 18.2.